The summed E-state index contributed by atoms with van der Waals surface area (Å²) in [5.74, 6) is -12.7. The van der Waals surface area contributed by atoms with E-state index in [0.717, 1.165) is 0 Å². The van der Waals surface area contributed by atoms with Crippen molar-refractivity contribution in [2.45, 2.75) is 6.92 Å². The lowest BCUT2D eigenvalue weighted by Crippen LogP contribution is -2.23. The third-order valence-corrected chi connectivity index (χ3v) is 2.60. The van der Waals surface area contributed by atoms with Crippen LogP contribution in [-0.2, 0) is 4.79 Å². The van der Waals surface area contributed by atoms with E-state index < -0.39 is 46.6 Å². The summed E-state index contributed by atoms with van der Waals surface area (Å²) in [6, 6.07) is 0. The summed E-state index contributed by atoms with van der Waals surface area (Å²) in [6.07, 6.45) is 0. The van der Waals surface area contributed by atoms with E-state index >= 15 is 0 Å². The highest BCUT2D eigenvalue weighted by Gasteiger charge is 2.27. The highest BCUT2D eigenvalue weighted by molar-refractivity contribution is 6.19. The van der Waals surface area contributed by atoms with Gasteiger partial charge in [-0.15, -0.1) is 11.6 Å². The van der Waals surface area contributed by atoms with Crippen LogP contribution in [-0.4, -0.2) is 11.8 Å². The number of rotatable bonds is 3. The SMILES string of the molecule is CC(CCl)C(=O)Nc1c(F)c(F)c(F)c(F)c1F. The van der Waals surface area contributed by atoms with Gasteiger partial charge >= 0.3 is 0 Å². The predicted octanol–water partition coefficient (Wildman–Crippen LogP) is 3.20. The molecule has 0 radical (unpaired) electrons. The van der Waals surface area contributed by atoms with Crippen molar-refractivity contribution >= 4 is 23.2 Å². The van der Waals surface area contributed by atoms with Gasteiger partial charge in [0.15, 0.2) is 23.3 Å². The van der Waals surface area contributed by atoms with Crippen LogP contribution < -0.4 is 5.32 Å². The van der Waals surface area contributed by atoms with Crippen molar-refractivity contribution in [2.24, 2.45) is 5.92 Å². The number of carbonyl (C=O) groups excluding carboxylic acids is 1. The molecule has 0 aliphatic carbocycles. The zero-order valence-electron chi connectivity index (χ0n) is 8.96. The number of hydrogen-bond acceptors (Lipinski definition) is 1. The number of hydrogen-bond donors (Lipinski definition) is 1. The summed E-state index contributed by atoms with van der Waals surface area (Å²) in [5, 5.41) is 1.62. The number of nitrogens with one attached hydrogen (secondary N) is 1. The minimum Gasteiger partial charge on any atom is -0.321 e. The van der Waals surface area contributed by atoms with Crippen molar-refractivity contribution in [1.82, 2.24) is 0 Å². The molecule has 1 aromatic rings. The van der Waals surface area contributed by atoms with E-state index in [2.05, 4.69) is 0 Å². The van der Waals surface area contributed by atoms with Gasteiger partial charge in [0.2, 0.25) is 11.7 Å². The highest BCUT2D eigenvalue weighted by atomic mass is 35.5. The Labute approximate surface area is 104 Å². The third-order valence-electron chi connectivity index (χ3n) is 2.14. The van der Waals surface area contributed by atoms with Gasteiger partial charge in [-0.25, -0.2) is 22.0 Å². The summed E-state index contributed by atoms with van der Waals surface area (Å²) in [6.45, 7) is 1.33. The summed E-state index contributed by atoms with van der Waals surface area (Å²) in [4.78, 5) is 11.3. The summed E-state index contributed by atoms with van der Waals surface area (Å²) >= 11 is 5.32. The van der Waals surface area contributed by atoms with Crippen LogP contribution in [0.3, 0.4) is 0 Å². The molecule has 1 N–H and O–H groups in total. The predicted molar refractivity (Wildman–Crippen MR) is 54.7 cm³/mol. The molecule has 1 aromatic carbocycles. The smallest absolute Gasteiger partial charge is 0.228 e. The molecular weight excluding hydrogens is 281 g/mol. The highest BCUT2D eigenvalue weighted by Crippen LogP contribution is 2.27. The number of carbonyl (C=O) groups is 1. The van der Waals surface area contributed by atoms with Crippen LogP contribution in [0.25, 0.3) is 0 Å². The summed E-state index contributed by atoms with van der Waals surface area (Å²) in [5.41, 5.74) is -1.38. The quantitative estimate of drug-likeness (QED) is 0.393. The van der Waals surface area contributed by atoms with E-state index in [1.165, 1.54) is 6.92 Å². The molecule has 0 aliphatic rings. The standard InChI is InChI=1S/C10H7ClF5NO/c1-3(2-11)10(18)17-9-7(15)5(13)4(12)6(14)8(9)16/h3H,2H2,1H3,(H,17,18). The van der Waals surface area contributed by atoms with Gasteiger partial charge in [0.05, 0.1) is 0 Å². The molecule has 1 atom stereocenters. The van der Waals surface area contributed by atoms with Gasteiger partial charge in [-0.2, -0.15) is 0 Å². The second-order valence-electron chi connectivity index (χ2n) is 3.49. The molecule has 0 saturated heterocycles. The molecule has 0 aromatic heterocycles. The summed E-state index contributed by atoms with van der Waals surface area (Å²) < 4.78 is 64.6. The Morgan fingerprint density at radius 2 is 1.44 bits per heavy atom. The number of halogens is 6. The van der Waals surface area contributed by atoms with E-state index in [1.54, 1.807) is 5.32 Å². The molecule has 1 unspecified atom stereocenters. The normalized spacial score (nSPS) is 12.4. The van der Waals surface area contributed by atoms with Crippen LogP contribution in [0.5, 0.6) is 0 Å². The first kappa shape index (κ1) is 14.7. The fourth-order valence-electron chi connectivity index (χ4n) is 1.03. The van der Waals surface area contributed by atoms with Gasteiger partial charge in [0.25, 0.3) is 0 Å². The van der Waals surface area contributed by atoms with Crippen molar-refractivity contribution in [3.8, 4) is 0 Å². The molecule has 0 heterocycles. The molecule has 18 heavy (non-hydrogen) atoms. The molecule has 0 bridgehead atoms. The Bertz CT molecular complexity index is 465. The zero-order valence-corrected chi connectivity index (χ0v) is 9.72. The third kappa shape index (κ3) is 2.55. The molecule has 1 amide bonds. The Kier molecular flexibility index (Phi) is 4.50. The Morgan fingerprint density at radius 3 is 1.83 bits per heavy atom. The lowest BCUT2D eigenvalue weighted by atomic mass is 10.2. The first-order valence-corrected chi connectivity index (χ1v) is 5.23. The minimum absolute atomic E-state index is 0.165. The van der Waals surface area contributed by atoms with Crippen LogP contribution in [0.1, 0.15) is 6.92 Å². The van der Waals surface area contributed by atoms with Crippen LogP contribution in [0, 0.1) is 35.0 Å². The lowest BCUT2D eigenvalue weighted by Gasteiger charge is -2.12. The van der Waals surface area contributed by atoms with Crippen LogP contribution in [0.4, 0.5) is 27.6 Å². The largest absolute Gasteiger partial charge is 0.321 e. The van der Waals surface area contributed by atoms with Crippen molar-refractivity contribution < 1.29 is 26.7 Å². The van der Waals surface area contributed by atoms with Crippen molar-refractivity contribution in [1.29, 1.82) is 0 Å². The second kappa shape index (κ2) is 5.51. The number of benzene rings is 1. The van der Waals surface area contributed by atoms with Crippen molar-refractivity contribution in [3.05, 3.63) is 29.1 Å². The van der Waals surface area contributed by atoms with Gasteiger partial charge in [0.1, 0.15) is 5.69 Å². The Balaban J connectivity index is 3.22. The van der Waals surface area contributed by atoms with E-state index in [4.69, 9.17) is 11.6 Å². The van der Waals surface area contributed by atoms with E-state index in [-0.39, 0.29) is 5.88 Å². The molecule has 1 rings (SSSR count). The number of anilines is 1. The zero-order chi connectivity index (χ0) is 14.0. The Hall–Kier alpha value is -1.37. The molecular formula is C10H7ClF5NO. The van der Waals surface area contributed by atoms with Crippen LogP contribution >= 0.6 is 11.6 Å². The van der Waals surface area contributed by atoms with Crippen molar-refractivity contribution in [3.63, 3.8) is 0 Å². The van der Waals surface area contributed by atoms with E-state index in [9.17, 15) is 26.7 Å². The van der Waals surface area contributed by atoms with Gasteiger partial charge in [0, 0.05) is 11.8 Å². The molecule has 0 spiro atoms. The molecule has 0 aliphatic heterocycles. The van der Waals surface area contributed by atoms with Gasteiger partial charge in [-0.3, -0.25) is 4.79 Å². The van der Waals surface area contributed by atoms with E-state index in [0.29, 0.717) is 0 Å². The molecule has 8 heteroatoms. The minimum atomic E-state index is -2.28. The Morgan fingerprint density at radius 1 is 1.06 bits per heavy atom. The average Bonchev–Trinajstić information content (AvgIpc) is 2.37. The van der Waals surface area contributed by atoms with Gasteiger partial charge < -0.3 is 5.32 Å². The molecule has 2 nitrogen and oxygen atoms in total. The molecule has 0 saturated carbocycles. The topological polar surface area (TPSA) is 29.1 Å². The summed E-state index contributed by atoms with van der Waals surface area (Å²) in [7, 11) is 0. The second-order valence-corrected chi connectivity index (χ2v) is 3.80. The maximum Gasteiger partial charge on any atom is 0.228 e. The monoisotopic (exact) mass is 287 g/mol. The fraction of sp³-hybridized carbons (Fsp3) is 0.300. The maximum atomic E-state index is 13.2. The number of alkyl halides is 1. The lowest BCUT2D eigenvalue weighted by molar-refractivity contribution is -0.118. The average molecular weight is 288 g/mol. The fourth-order valence-corrected chi connectivity index (χ4v) is 1.17. The van der Waals surface area contributed by atoms with Crippen molar-refractivity contribution in [2.75, 3.05) is 11.2 Å². The first-order valence-electron chi connectivity index (χ1n) is 4.69. The van der Waals surface area contributed by atoms with Crippen LogP contribution in [0.15, 0.2) is 0 Å². The van der Waals surface area contributed by atoms with Gasteiger partial charge in [-0.05, 0) is 0 Å². The first-order chi connectivity index (χ1) is 8.31. The van der Waals surface area contributed by atoms with Crippen LogP contribution in [0.2, 0.25) is 0 Å². The molecule has 100 valence electrons. The maximum absolute atomic E-state index is 13.2. The van der Waals surface area contributed by atoms with E-state index in [1.807, 2.05) is 0 Å². The molecule has 0 fully saturated rings. The van der Waals surface area contributed by atoms with Gasteiger partial charge in [-0.1, -0.05) is 6.92 Å². The number of amides is 1.